The lowest BCUT2D eigenvalue weighted by Gasteiger charge is -2.20. The van der Waals surface area contributed by atoms with Crippen molar-refractivity contribution in [1.82, 2.24) is 4.90 Å². The molecular formula is C20H22Cl2N2O2. The number of hydrogen-bond donors (Lipinski definition) is 1. The van der Waals surface area contributed by atoms with Gasteiger partial charge in [0.2, 0.25) is 5.91 Å². The molecule has 2 aliphatic carbocycles. The van der Waals surface area contributed by atoms with Crippen molar-refractivity contribution in [3.8, 4) is 0 Å². The molecule has 0 saturated heterocycles. The monoisotopic (exact) mass is 392 g/mol. The van der Waals surface area contributed by atoms with Gasteiger partial charge in [-0.3, -0.25) is 9.69 Å². The molecule has 6 heteroatoms. The van der Waals surface area contributed by atoms with Gasteiger partial charge in [-0.25, -0.2) is 0 Å². The lowest BCUT2D eigenvalue weighted by atomic mass is 10.3. The van der Waals surface area contributed by atoms with E-state index in [9.17, 15) is 4.79 Å². The topological polar surface area (TPSA) is 45.5 Å². The van der Waals surface area contributed by atoms with Crippen LogP contribution in [-0.4, -0.2) is 23.4 Å². The van der Waals surface area contributed by atoms with Gasteiger partial charge in [0.05, 0.1) is 28.8 Å². The molecule has 4 nitrogen and oxygen atoms in total. The molecule has 26 heavy (non-hydrogen) atoms. The number of para-hydroxylation sites is 1. The fourth-order valence-electron chi connectivity index (χ4n) is 3.33. The van der Waals surface area contributed by atoms with E-state index >= 15 is 0 Å². The molecule has 2 aliphatic rings. The average molecular weight is 393 g/mol. The van der Waals surface area contributed by atoms with E-state index in [-0.39, 0.29) is 5.91 Å². The Morgan fingerprint density at radius 3 is 2.54 bits per heavy atom. The standard InChI is InChI=1S/C20H22Cl2N2O2/c1-12-9-15(12)18-8-7-14(26-18)10-24(13-5-6-13)11-19(25)23-20-16(21)3-2-4-17(20)22/h2-4,7-8,12-13,15H,5-6,9-11H2,1H3,(H,23,25). The van der Waals surface area contributed by atoms with Gasteiger partial charge in [0.25, 0.3) is 0 Å². The SMILES string of the molecule is CC1CC1c1ccc(CN(CC(=O)Nc2c(Cl)cccc2Cl)C2CC2)o1. The Morgan fingerprint density at radius 2 is 1.92 bits per heavy atom. The molecule has 1 heterocycles. The summed E-state index contributed by atoms with van der Waals surface area (Å²) >= 11 is 12.3. The van der Waals surface area contributed by atoms with Gasteiger partial charge >= 0.3 is 0 Å². The van der Waals surface area contributed by atoms with Crippen molar-refractivity contribution in [1.29, 1.82) is 0 Å². The van der Waals surface area contributed by atoms with Crippen LogP contribution in [0.25, 0.3) is 0 Å². The molecule has 1 aromatic carbocycles. The molecule has 0 spiro atoms. The maximum atomic E-state index is 12.5. The van der Waals surface area contributed by atoms with E-state index in [1.54, 1.807) is 18.2 Å². The number of carbonyl (C=O) groups excluding carboxylic acids is 1. The third-order valence-electron chi connectivity index (χ3n) is 5.15. The second-order valence-corrected chi connectivity index (χ2v) is 8.22. The van der Waals surface area contributed by atoms with E-state index in [4.69, 9.17) is 27.6 Å². The van der Waals surface area contributed by atoms with Crippen LogP contribution < -0.4 is 5.32 Å². The molecule has 2 fully saturated rings. The van der Waals surface area contributed by atoms with E-state index in [0.29, 0.717) is 40.8 Å². The van der Waals surface area contributed by atoms with Gasteiger partial charge in [-0.1, -0.05) is 36.2 Å². The van der Waals surface area contributed by atoms with E-state index in [1.807, 2.05) is 6.07 Å². The average Bonchev–Trinajstić information content (AvgIpc) is 3.51. The maximum Gasteiger partial charge on any atom is 0.238 e. The zero-order chi connectivity index (χ0) is 18.3. The van der Waals surface area contributed by atoms with Gasteiger partial charge in [0, 0.05) is 12.0 Å². The molecule has 2 atom stereocenters. The number of carbonyl (C=O) groups is 1. The van der Waals surface area contributed by atoms with Gasteiger partial charge in [0.1, 0.15) is 11.5 Å². The first-order valence-electron chi connectivity index (χ1n) is 9.08. The summed E-state index contributed by atoms with van der Waals surface area (Å²) in [5, 5.41) is 3.73. The first kappa shape index (κ1) is 17.9. The van der Waals surface area contributed by atoms with Gasteiger partial charge in [0.15, 0.2) is 0 Å². The third-order valence-corrected chi connectivity index (χ3v) is 5.78. The Balaban J connectivity index is 1.39. The number of hydrogen-bond acceptors (Lipinski definition) is 3. The van der Waals surface area contributed by atoms with Gasteiger partial charge in [-0.2, -0.15) is 0 Å². The van der Waals surface area contributed by atoms with Gasteiger partial charge < -0.3 is 9.73 Å². The minimum atomic E-state index is -0.116. The Hall–Kier alpha value is -1.49. The van der Waals surface area contributed by atoms with E-state index in [2.05, 4.69) is 23.2 Å². The number of anilines is 1. The predicted octanol–water partition coefficient (Wildman–Crippen LogP) is 5.31. The van der Waals surface area contributed by atoms with Crippen LogP contribution in [0.15, 0.2) is 34.7 Å². The van der Waals surface area contributed by atoms with Crippen LogP contribution in [0.2, 0.25) is 10.0 Å². The number of amides is 1. The fraction of sp³-hybridized carbons (Fsp3) is 0.450. The van der Waals surface area contributed by atoms with Crippen LogP contribution >= 0.6 is 23.2 Å². The van der Waals surface area contributed by atoms with Crippen molar-refractivity contribution < 1.29 is 9.21 Å². The van der Waals surface area contributed by atoms with Crippen molar-refractivity contribution in [3.63, 3.8) is 0 Å². The molecular weight excluding hydrogens is 371 g/mol. The molecule has 0 aliphatic heterocycles. The zero-order valence-corrected chi connectivity index (χ0v) is 16.2. The molecule has 138 valence electrons. The van der Waals surface area contributed by atoms with E-state index < -0.39 is 0 Å². The number of nitrogens with one attached hydrogen (secondary N) is 1. The minimum Gasteiger partial charge on any atom is -0.464 e. The number of rotatable bonds is 7. The third kappa shape index (κ3) is 4.08. The second kappa shape index (κ2) is 7.26. The van der Waals surface area contributed by atoms with Crippen molar-refractivity contribution in [2.24, 2.45) is 5.92 Å². The molecule has 2 saturated carbocycles. The van der Waals surface area contributed by atoms with Crippen LogP contribution in [0, 0.1) is 5.92 Å². The first-order valence-corrected chi connectivity index (χ1v) is 9.83. The van der Waals surface area contributed by atoms with Crippen molar-refractivity contribution in [2.75, 3.05) is 11.9 Å². The first-order chi connectivity index (χ1) is 12.5. The minimum absolute atomic E-state index is 0.116. The fourth-order valence-corrected chi connectivity index (χ4v) is 3.82. The van der Waals surface area contributed by atoms with Crippen LogP contribution in [0.1, 0.15) is 43.6 Å². The van der Waals surface area contributed by atoms with Crippen LogP contribution in [0.3, 0.4) is 0 Å². The van der Waals surface area contributed by atoms with Crippen LogP contribution in [-0.2, 0) is 11.3 Å². The highest BCUT2D eigenvalue weighted by Gasteiger charge is 2.37. The van der Waals surface area contributed by atoms with E-state index in [1.165, 1.54) is 6.42 Å². The molecule has 0 radical (unpaired) electrons. The predicted molar refractivity (Wildman–Crippen MR) is 104 cm³/mol. The number of benzene rings is 1. The van der Waals surface area contributed by atoms with Crippen LogP contribution in [0.5, 0.6) is 0 Å². The lowest BCUT2D eigenvalue weighted by Crippen LogP contribution is -2.34. The summed E-state index contributed by atoms with van der Waals surface area (Å²) in [6.07, 6.45) is 3.45. The highest BCUT2D eigenvalue weighted by Crippen LogP contribution is 2.47. The molecule has 4 rings (SSSR count). The summed E-state index contributed by atoms with van der Waals surface area (Å²) in [5.74, 6) is 3.18. The summed E-state index contributed by atoms with van der Waals surface area (Å²) in [7, 11) is 0. The molecule has 2 unspecified atom stereocenters. The highest BCUT2D eigenvalue weighted by molar-refractivity contribution is 6.39. The molecule has 2 aromatic rings. The van der Waals surface area contributed by atoms with Crippen molar-refractivity contribution >= 4 is 34.8 Å². The second-order valence-electron chi connectivity index (χ2n) is 7.40. The number of nitrogens with zero attached hydrogens (tertiary/aromatic N) is 1. The smallest absolute Gasteiger partial charge is 0.238 e. The number of furan rings is 1. The highest BCUT2D eigenvalue weighted by atomic mass is 35.5. The summed E-state index contributed by atoms with van der Waals surface area (Å²) in [5.41, 5.74) is 0.472. The molecule has 1 N–H and O–H groups in total. The summed E-state index contributed by atoms with van der Waals surface area (Å²) in [4.78, 5) is 14.7. The largest absolute Gasteiger partial charge is 0.464 e. The van der Waals surface area contributed by atoms with Crippen molar-refractivity contribution in [3.05, 3.63) is 51.9 Å². The molecule has 1 aromatic heterocycles. The summed E-state index contributed by atoms with van der Waals surface area (Å²) in [6, 6.07) is 9.74. The Morgan fingerprint density at radius 1 is 1.23 bits per heavy atom. The Bertz CT molecular complexity index is 796. The van der Waals surface area contributed by atoms with Crippen LogP contribution in [0.4, 0.5) is 5.69 Å². The van der Waals surface area contributed by atoms with Crippen molar-refractivity contribution in [2.45, 2.75) is 44.7 Å². The Kier molecular flexibility index (Phi) is 5.00. The lowest BCUT2D eigenvalue weighted by molar-refractivity contribution is -0.117. The molecule has 1 amide bonds. The van der Waals surface area contributed by atoms with Gasteiger partial charge in [-0.05, 0) is 49.4 Å². The Labute approximate surface area is 163 Å². The quantitative estimate of drug-likeness (QED) is 0.693. The number of halogens is 2. The maximum absolute atomic E-state index is 12.5. The summed E-state index contributed by atoms with van der Waals surface area (Å²) < 4.78 is 6.01. The van der Waals surface area contributed by atoms with E-state index in [0.717, 1.165) is 30.3 Å². The van der Waals surface area contributed by atoms with Gasteiger partial charge in [-0.15, -0.1) is 0 Å². The zero-order valence-electron chi connectivity index (χ0n) is 14.7. The summed E-state index contributed by atoms with van der Waals surface area (Å²) in [6.45, 7) is 3.19. The normalized spacial score (nSPS) is 21.8. The molecule has 0 bridgehead atoms.